The van der Waals surface area contributed by atoms with E-state index in [1.54, 1.807) is 6.20 Å². The third-order valence-corrected chi connectivity index (χ3v) is 9.43. The van der Waals surface area contributed by atoms with E-state index in [1.165, 1.54) is 20.2 Å². The van der Waals surface area contributed by atoms with Crippen molar-refractivity contribution in [2.24, 2.45) is 0 Å². The highest BCUT2D eigenvalue weighted by atomic mass is 79.9. The van der Waals surface area contributed by atoms with Crippen LogP contribution in [-0.2, 0) is 0 Å². The number of benzene rings is 5. The summed E-state index contributed by atoms with van der Waals surface area (Å²) in [4.78, 5) is 14.4. The molecule has 3 heterocycles. The summed E-state index contributed by atoms with van der Waals surface area (Å²) in [5.41, 5.74) is 9.34. The van der Waals surface area contributed by atoms with Crippen LogP contribution in [-0.4, -0.2) is 15.0 Å². The topological polar surface area (TPSA) is 38.7 Å². The van der Waals surface area contributed by atoms with Crippen LogP contribution in [0.15, 0.2) is 150 Å². The van der Waals surface area contributed by atoms with E-state index < -0.39 is 0 Å². The van der Waals surface area contributed by atoms with E-state index in [1.807, 2.05) is 41.8 Å². The summed E-state index contributed by atoms with van der Waals surface area (Å²) in [6.07, 6.45) is 3.69. The molecule has 208 valence electrons. The Bertz CT molecular complexity index is 2280. The van der Waals surface area contributed by atoms with Crippen molar-refractivity contribution in [3.8, 4) is 56.2 Å². The molecule has 0 radical (unpaired) electrons. The normalized spacial score (nSPS) is 11.3. The molecule has 0 aliphatic heterocycles. The highest BCUT2D eigenvalue weighted by Crippen LogP contribution is 2.38. The lowest BCUT2D eigenvalue weighted by molar-refractivity contribution is 1.18. The monoisotopic (exact) mass is 645 g/mol. The number of halogens is 1. The zero-order valence-electron chi connectivity index (χ0n) is 23.5. The van der Waals surface area contributed by atoms with E-state index in [4.69, 9.17) is 9.97 Å². The number of fused-ring (bicyclic) bond motifs is 3. The van der Waals surface area contributed by atoms with Gasteiger partial charge >= 0.3 is 0 Å². The molecule has 3 aromatic heterocycles. The Balaban J connectivity index is 1.24. The zero-order chi connectivity index (χ0) is 29.5. The molecule has 5 aromatic carbocycles. The second-order valence-corrected chi connectivity index (χ2v) is 12.7. The molecule has 0 N–H and O–H groups in total. The van der Waals surface area contributed by atoms with Gasteiger partial charge in [0.05, 0.1) is 11.4 Å². The van der Waals surface area contributed by atoms with E-state index >= 15 is 0 Å². The number of thiophene rings is 1. The molecule has 0 unspecified atom stereocenters. The van der Waals surface area contributed by atoms with Crippen LogP contribution >= 0.6 is 27.3 Å². The quantitative estimate of drug-likeness (QED) is 0.187. The second-order valence-electron chi connectivity index (χ2n) is 10.7. The number of hydrogen-bond donors (Lipinski definition) is 0. The molecule has 8 aromatic rings. The molecule has 0 aliphatic carbocycles. The van der Waals surface area contributed by atoms with Gasteiger partial charge in [-0.25, -0.2) is 9.97 Å². The lowest BCUT2D eigenvalue weighted by atomic mass is 9.98. The fourth-order valence-corrected chi connectivity index (χ4v) is 7.28. The Morgan fingerprint density at radius 3 is 1.91 bits per heavy atom. The standard InChI is InChI=1S/C39H24BrN3S/c40-32-20-30(26-14-12-25(13-15-26)29-9-6-18-41-24-29)19-31(21-32)36-23-35(42-39(43-36)27-7-2-1-3-8-27)28-16-17-34-33-10-4-5-11-37(33)44-38(34)22-28/h1-24H. The van der Waals surface area contributed by atoms with Gasteiger partial charge in [-0.15, -0.1) is 11.3 Å². The van der Waals surface area contributed by atoms with Gasteiger partial charge in [-0.3, -0.25) is 4.98 Å². The summed E-state index contributed by atoms with van der Waals surface area (Å²) in [5, 5.41) is 2.57. The number of nitrogens with zero attached hydrogens (tertiary/aromatic N) is 3. The molecular weight excluding hydrogens is 622 g/mol. The minimum Gasteiger partial charge on any atom is -0.264 e. The molecule has 8 rings (SSSR count). The second kappa shape index (κ2) is 11.3. The van der Waals surface area contributed by atoms with Gasteiger partial charge in [0.1, 0.15) is 0 Å². The van der Waals surface area contributed by atoms with Gasteiger partial charge in [0, 0.05) is 53.7 Å². The van der Waals surface area contributed by atoms with Crippen LogP contribution in [0.25, 0.3) is 76.3 Å². The highest BCUT2D eigenvalue weighted by Gasteiger charge is 2.14. The van der Waals surface area contributed by atoms with E-state index in [0.29, 0.717) is 5.82 Å². The van der Waals surface area contributed by atoms with Gasteiger partial charge in [0.25, 0.3) is 0 Å². The average Bonchev–Trinajstić information content (AvgIpc) is 3.47. The van der Waals surface area contributed by atoms with Gasteiger partial charge in [0.2, 0.25) is 0 Å². The summed E-state index contributed by atoms with van der Waals surface area (Å²) >= 11 is 5.60. The Kier molecular flexibility index (Phi) is 6.82. The molecule has 0 bridgehead atoms. The van der Waals surface area contributed by atoms with Crippen molar-refractivity contribution in [2.75, 3.05) is 0 Å². The fraction of sp³-hybridized carbons (Fsp3) is 0. The molecule has 0 saturated heterocycles. The molecule has 3 nitrogen and oxygen atoms in total. The molecule has 44 heavy (non-hydrogen) atoms. The van der Waals surface area contributed by atoms with Crippen molar-refractivity contribution in [3.05, 3.63) is 150 Å². The van der Waals surface area contributed by atoms with Crippen molar-refractivity contribution in [2.45, 2.75) is 0 Å². The summed E-state index contributed by atoms with van der Waals surface area (Å²) in [6, 6.07) is 46.7. The minimum absolute atomic E-state index is 0.705. The van der Waals surface area contributed by atoms with E-state index in [0.717, 1.165) is 54.8 Å². The first-order valence-corrected chi connectivity index (χ1v) is 16.0. The average molecular weight is 647 g/mol. The fourth-order valence-electron chi connectivity index (χ4n) is 5.64. The molecule has 0 aliphatic rings. The summed E-state index contributed by atoms with van der Waals surface area (Å²) < 4.78 is 3.54. The Morgan fingerprint density at radius 2 is 1.11 bits per heavy atom. The first kappa shape index (κ1) is 26.6. The molecule has 0 spiro atoms. The first-order valence-electron chi connectivity index (χ1n) is 14.4. The van der Waals surface area contributed by atoms with Gasteiger partial charge in [-0.2, -0.15) is 0 Å². The molecule has 0 saturated carbocycles. The lowest BCUT2D eigenvalue weighted by Gasteiger charge is -2.12. The SMILES string of the molecule is Brc1cc(-c2ccc(-c3cccnc3)cc2)cc(-c2cc(-c3ccc4c(c3)sc3ccccc34)nc(-c3ccccc3)n2)c1. The van der Waals surface area contributed by atoms with Crippen LogP contribution in [0, 0.1) is 0 Å². The Hall–Kier alpha value is -4.97. The molecule has 0 fully saturated rings. The maximum Gasteiger partial charge on any atom is 0.160 e. The highest BCUT2D eigenvalue weighted by molar-refractivity contribution is 9.10. The van der Waals surface area contributed by atoms with Gasteiger partial charge in [0.15, 0.2) is 5.82 Å². The molecular formula is C39H24BrN3S. The minimum atomic E-state index is 0.705. The van der Waals surface area contributed by atoms with E-state index in [2.05, 4.69) is 130 Å². The summed E-state index contributed by atoms with van der Waals surface area (Å²) in [5.74, 6) is 0.705. The van der Waals surface area contributed by atoms with Gasteiger partial charge in [-0.05, 0) is 64.7 Å². The number of pyridine rings is 1. The number of aromatic nitrogens is 3. The summed E-state index contributed by atoms with van der Waals surface area (Å²) in [7, 11) is 0. The molecule has 0 atom stereocenters. The van der Waals surface area contributed by atoms with E-state index in [9.17, 15) is 0 Å². The van der Waals surface area contributed by atoms with Crippen LogP contribution in [0.3, 0.4) is 0 Å². The molecule has 0 amide bonds. The first-order chi connectivity index (χ1) is 21.7. The van der Waals surface area contributed by atoms with Crippen LogP contribution in [0.1, 0.15) is 0 Å². The lowest BCUT2D eigenvalue weighted by Crippen LogP contribution is -1.96. The number of rotatable bonds is 5. The predicted octanol–water partition coefficient (Wildman–Crippen LogP) is 11.3. The third kappa shape index (κ3) is 5.11. The van der Waals surface area contributed by atoms with Gasteiger partial charge in [-0.1, -0.05) is 107 Å². The van der Waals surface area contributed by atoms with Crippen LogP contribution in [0.5, 0.6) is 0 Å². The smallest absolute Gasteiger partial charge is 0.160 e. The van der Waals surface area contributed by atoms with Crippen molar-refractivity contribution in [1.82, 2.24) is 15.0 Å². The van der Waals surface area contributed by atoms with Crippen molar-refractivity contribution in [1.29, 1.82) is 0 Å². The van der Waals surface area contributed by atoms with E-state index in [-0.39, 0.29) is 0 Å². The van der Waals surface area contributed by atoms with Gasteiger partial charge < -0.3 is 0 Å². The maximum absolute atomic E-state index is 5.09. The van der Waals surface area contributed by atoms with Crippen LogP contribution < -0.4 is 0 Å². The number of hydrogen-bond acceptors (Lipinski definition) is 4. The maximum atomic E-state index is 5.09. The van der Waals surface area contributed by atoms with Crippen molar-refractivity contribution >= 4 is 47.4 Å². The Labute approximate surface area is 267 Å². The van der Waals surface area contributed by atoms with Crippen LogP contribution in [0.2, 0.25) is 0 Å². The third-order valence-electron chi connectivity index (χ3n) is 7.84. The van der Waals surface area contributed by atoms with Crippen LogP contribution in [0.4, 0.5) is 0 Å². The largest absolute Gasteiger partial charge is 0.264 e. The van der Waals surface area contributed by atoms with Crippen molar-refractivity contribution < 1.29 is 0 Å². The predicted molar refractivity (Wildman–Crippen MR) is 188 cm³/mol. The Morgan fingerprint density at radius 1 is 0.455 bits per heavy atom. The summed E-state index contributed by atoms with van der Waals surface area (Å²) in [6.45, 7) is 0. The zero-order valence-corrected chi connectivity index (χ0v) is 25.9. The van der Waals surface area contributed by atoms with Crippen molar-refractivity contribution in [3.63, 3.8) is 0 Å². The molecule has 5 heteroatoms.